The van der Waals surface area contributed by atoms with Crippen LogP contribution in [0, 0.1) is 0 Å². The number of rotatable bonds is 2. The second-order valence-corrected chi connectivity index (χ2v) is 4.49. The molecule has 0 fully saturated rings. The van der Waals surface area contributed by atoms with E-state index in [4.69, 9.17) is 5.11 Å². The van der Waals surface area contributed by atoms with E-state index in [1.807, 2.05) is 12.1 Å². The first-order chi connectivity index (χ1) is 9.59. The molecule has 0 radical (unpaired) electrons. The van der Waals surface area contributed by atoms with Gasteiger partial charge in [0.1, 0.15) is 0 Å². The molecule has 4 nitrogen and oxygen atoms in total. The monoisotopic (exact) mass is 265 g/mol. The smallest absolute Gasteiger partial charge is 0.335 e. The van der Waals surface area contributed by atoms with Gasteiger partial charge >= 0.3 is 5.97 Å². The Hall–Kier alpha value is -2.88. The Bertz CT molecular complexity index is 714. The van der Waals surface area contributed by atoms with Crippen molar-refractivity contribution in [2.75, 3.05) is 4.90 Å². The normalized spacial score (nSPS) is 13.5. The number of carboxylic acids is 1. The minimum atomic E-state index is -1.03. The molecule has 98 valence electrons. The largest absolute Gasteiger partial charge is 0.478 e. The highest BCUT2D eigenvalue weighted by Crippen LogP contribution is 2.35. The van der Waals surface area contributed by atoms with Crippen molar-refractivity contribution in [1.29, 1.82) is 0 Å². The number of nitrogens with zero attached hydrogens (tertiary/aromatic N) is 1. The van der Waals surface area contributed by atoms with E-state index in [1.54, 1.807) is 24.3 Å². The predicted molar refractivity (Wildman–Crippen MR) is 75.7 cm³/mol. The Morgan fingerprint density at radius 2 is 1.75 bits per heavy atom. The lowest BCUT2D eigenvalue weighted by Crippen LogP contribution is -2.22. The minimum Gasteiger partial charge on any atom is -0.478 e. The van der Waals surface area contributed by atoms with Crippen molar-refractivity contribution in [3.63, 3.8) is 0 Å². The maximum Gasteiger partial charge on any atom is 0.335 e. The van der Waals surface area contributed by atoms with Gasteiger partial charge in [0.15, 0.2) is 0 Å². The second kappa shape index (κ2) is 4.35. The van der Waals surface area contributed by atoms with Crippen LogP contribution < -0.4 is 4.90 Å². The number of hydrogen-bond donors (Lipinski definition) is 1. The molecule has 0 atom stereocenters. The van der Waals surface area contributed by atoms with Gasteiger partial charge in [0.05, 0.1) is 16.9 Å². The summed E-state index contributed by atoms with van der Waals surface area (Å²) in [7, 11) is 0. The van der Waals surface area contributed by atoms with E-state index in [2.05, 4.69) is 6.58 Å². The molecule has 0 unspecified atom stereocenters. The number of fused-ring (bicyclic) bond motifs is 1. The van der Waals surface area contributed by atoms with Gasteiger partial charge in [0.2, 0.25) is 0 Å². The molecule has 0 aliphatic carbocycles. The van der Waals surface area contributed by atoms with E-state index in [9.17, 15) is 9.59 Å². The van der Waals surface area contributed by atoms with Crippen molar-refractivity contribution < 1.29 is 14.7 Å². The number of carboxylic acid groups (broad SMARTS) is 1. The molecule has 1 heterocycles. The molecule has 1 aliphatic rings. The molecule has 0 aromatic heterocycles. The van der Waals surface area contributed by atoms with E-state index in [1.165, 1.54) is 17.0 Å². The molecule has 0 saturated heterocycles. The molecule has 2 aromatic carbocycles. The van der Waals surface area contributed by atoms with Crippen LogP contribution in [0.5, 0.6) is 0 Å². The molecular weight excluding hydrogens is 254 g/mol. The highest BCUT2D eigenvalue weighted by Gasteiger charge is 2.31. The molecule has 0 bridgehead atoms. The molecule has 0 saturated carbocycles. The van der Waals surface area contributed by atoms with E-state index >= 15 is 0 Å². The molecule has 2 aromatic rings. The summed E-state index contributed by atoms with van der Waals surface area (Å²) in [5, 5.41) is 9.03. The number of carbonyl (C=O) groups is 2. The Kier molecular flexibility index (Phi) is 2.64. The molecule has 1 aliphatic heterocycles. The highest BCUT2D eigenvalue weighted by atomic mass is 16.4. The average Bonchev–Trinajstić information content (AvgIpc) is 2.72. The van der Waals surface area contributed by atoms with Crippen LogP contribution in [0.3, 0.4) is 0 Å². The predicted octanol–water partition coefficient (Wildman–Crippen LogP) is 3.02. The summed E-state index contributed by atoms with van der Waals surface area (Å²) in [4.78, 5) is 24.9. The minimum absolute atomic E-state index is 0.138. The van der Waals surface area contributed by atoms with Gasteiger partial charge in [-0.3, -0.25) is 9.69 Å². The van der Waals surface area contributed by atoms with Crippen LogP contribution in [0.4, 0.5) is 5.69 Å². The zero-order valence-electron chi connectivity index (χ0n) is 10.5. The first-order valence-electron chi connectivity index (χ1n) is 6.05. The third-order valence-corrected chi connectivity index (χ3v) is 3.29. The number of benzene rings is 2. The van der Waals surface area contributed by atoms with Crippen LogP contribution in [-0.4, -0.2) is 17.0 Å². The molecule has 3 rings (SSSR count). The average molecular weight is 265 g/mol. The standard InChI is InChI=1S/C16H11NO3/c1-10-13-7-2-3-8-14(13)15(18)17(10)12-6-4-5-11(9-12)16(19)20/h2-9H,1H2,(H,19,20). The lowest BCUT2D eigenvalue weighted by Gasteiger charge is -2.17. The molecule has 4 heteroatoms. The fourth-order valence-electron chi connectivity index (χ4n) is 2.34. The molecular formula is C16H11NO3. The summed E-state index contributed by atoms with van der Waals surface area (Å²) in [6.07, 6.45) is 0. The van der Waals surface area contributed by atoms with Crippen molar-refractivity contribution >= 4 is 23.3 Å². The van der Waals surface area contributed by atoms with Crippen LogP contribution in [0.1, 0.15) is 26.3 Å². The lowest BCUT2D eigenvalue weighted by atomic mass is 10.1. The van der Waals surface area contributed by atoms with Gasteiger partial charge in [-0.05, 0) is 24.3 Å². The van der Waals surface area contributed by atoms with Crippen LogP contribution >= 0.6 is 0 Å². The van der Waals surface area contributed by atoms with Crippen LogP contribution in [0.2, 0.25) is 0 Å². The Labute approximate surface area is 115 Å². The molecule has 20 heavy (non-hydrogen) atoms. The quantitative estimate of drug-likeness (QED) is 0.908. The third-order valence-electron chi connectivity index (χ3n) is 3.29. The van der Waals surface area contributed by atoms with E-state index < -0.39 is 5.97 Å². The Morgan fingerprint density at radius 1 is 1.05 bits per heavy atom. The van der Waals surface area contributed by atoms with Crippen LogP contribution in [0.15, 0.2) is 55.1 Å². The van der Waals surface area contributed by atoms with Gasteiger partial charge in [0, 0.05) is 11.1 Å². The van der Waals surface area contributed by atoms with Gasteiger partial charge in [-0.2, -0.15) is 0 Å². The van der Waals surface area contributed by atoms with Crippen molar-refractivity contribution in [3.8, 4) is 0 Å². The van der Waals surface area contributed by atoms with Gasteiger partial charge in [-0.1, -0.05) is 30.8 Å². The van der Waals surface area contributed by atoms with Crippen LogP contribution in [0.25, 0.3) is 5.70 Å². The van der Waals surface area contributed by atoms with E-state index in [-0.39, 0.29) is 11.5 Å². The van der Waals surface area contributed by atoms with Crippen molar-refractivity contribution in [2.45, 2.75) is 0 Å². The van der Waals surface area contributed by atoms with Gasteiger partial charge < -0.3 is 5.11 Å². The summed E-state index contributed by atoms with van der Waals surface area (Å²) in [5.74, 6) is -1.21. The number of amides is 1. The summed E-state index contributed by atoms with van der Waals surface area (Å²) >= 11 is 0. The summed E-state index contributed by atoms with van der Waals surface area (Å²) < 4.78 is 0. The summed E-state index contributed by atoms with van der Waals surface area (Å²) in [6, 6.07) is 13.5. The molecule has 1 N–H and O–H groups in total. The second-order valence-electron chi connectivity index (χ2n) is 4.49. The van der Waals surface area contributed by atoms with Gasteiger partial charge in [-0.15, -0.1) is 0 Å². The summed E-state index contributed by atoms with van der Waals surface area (Å²) in [6.45, 7) is 3.94. The van der Waals surface area contributed by atoms with E-state index in [0.717, 1.165) is 5.56 Å². The van der Waals surface area contributed by atoms with Crippen molar-refractivity contribution in [3.05, 3.63) is 71.8 Å². The molecule has 0 spiro atoms. The highest BCUT2D eigenvalue weighted by molar-refractivity contribution is 6.22. The maximum absolute atomic E-state index is 12.4. The van der Waals surface area contributed by atoms with E-state index in [0.29, 0.717) is 16.9 Å². The van der Waals surface area contributed by atoms with Crippen LogP contribution in [-0.2, 0) is 0 Å². The number of hydrogen-bond acceptors (Lipinski definition) is 2. The number of aromatic carboxylic acids is 1. The fourth-order valence-corrected chi connectivity index (χ4v) is 2.34. The maximum atomic E-state index is 12.4. The van der Waals surface area contributed by atoms with Gasteiger partial charge in [0.25, 0.3) is 5.91 Å². The Morgan fingerprint density at radius 3 is 2.40 bits per heavy atom. The zero-order chi connectivity index (χ0) is 14.3. The molecule has 1 amide bonds. The number of carbonyl (C=O) groups excluding carboxylic acids is 1. The van der Waals surface area contributed by atoms with Crippen molar-refractivity contribution in [2.24, 2.45) is 0 Å². The lowest BCUT2D eigenvalue weighted by molar-refractivity contribution is 0.0696. The summed E-state index contributed by atoms with van der Waals surface area (Å²) in [5.41, 5.74) is 2.57. The SMILES string of the molecule is C=C1c2ccccc2C(=O)N1c1cccc(C(=O)O)c1. The first kappa shape index (κ1) is 12.2. The van der Waals surface area contributed by atoms with Crippen molar-refractivity contribution in [1.82, 2.24) is 0 Å². The number of anilines is 1. The topological polar surface area (TPSA) is 57.6 Å². The fraction of sp³-hybridized carbons (Fsp3) is 0. The zero-order valence-corrected chi connectivity index (χ0v) is 10.5. The Balaban J connectivity index is 2.09. The van der Waals surface area contributed by atoms with Gasteiger partial charge in [-0.25, -0.2) is 4.79 Å². The third kappa shape index (κ3) is 1.70. The first-order valence-corrected chi connectivity index (χ1v) is 6.05.